The van der Waals surface area contributed by atoms with E-state index < -0.39 is 0 Å². The molecule has 0 bridgehead atoms. The Kier molecular flexibility index (Phi) is 4.61. The Hall–Kier alpha value is -3.08. The second-order valence-corrected chi connectivity index (χ2v) is 5.31. The molecule has 0 saturated carbocycles. The molecule has 1 amide bonds. The molecule has 0 aliphatic heterocycles. The molecule has 120 valence electrons. The molecule has 2 aromatic carbocycles. The largest absolute Gasteiger partial charge is 0.322 e. The third-order valence-electron chi connectivity index (χ3n) is 3.64. The highest BCUT2D eigenvalue weighted by molar-refractivity contribution is 6.03. The summed E-state index contributed by atoms with van der Waals surface area (Å²) in [6, 6.07) is 13.6. The second-order valence-electron chi connectivity index (χ2n) is 5.31. The number of aromatic nitrogens is 2. The smallest absolute Gasteiger partial charge is 0.258 e. The lowest BCUT2D eigenvalue weighted by Crippen LogP contribution is -2.12. The monoisotopic (exact) mass is 321 g/mol. The van der Waals surface area contributed by atoms with Gasteiger partial charge in [-0.25, -0.2) is 14.4 Å². The molecule has 1 N–H and O–H groups in total. The molecule has 24 heavy (non-hydrogen) atoms. The molecule has 0 atom stereocenters. The number of aryl methyl sites for hydroxylation is 1. The van der Waals surface area contributed by atoms with Gasteiger partial charge in [0.15, 0.2) is 5.82 Å². The Morgan fingerprint density at radius 2 is 1.62 bits per heavy atom. The van der Waals surface area contributed by atoms with E-state index in [-0.39, 0.29) is 11.7 Å². The van der Waals surface area contributed by atoms with Crippen molar-refractivity contribution >= 4 is 11.6 Å². The summed E-state index contributed by atoms with van der Waals surface area (Å²) < 4.78 is 12.9. The molecule has 0 spiro atoms. The van der Waals surface area contributed by atoms with Crippen molar-refractivity contribution < 1.29 is 9.18 Å². The zero-order chi connectivity index (χ0) is 16.9. The average Bonchev–Trinajstić information content (AvgIpc) is 2.63. The molecular formula is C19H16FN3O. The summed E-state index contributed by atoms with van der Waals surface area (Å²) >= 11 is 0. The van der Waals surface area contributed by atoms with Crippen LogP contribution in [0, 0.1) is 5.82 Å². The van der Waals surface area contributed by atoms with Crippen molar-refractivity contribution in [1.82, 2.24) is 9.97 Å². The molecule has 1 aromatic heterocycles. The highest BCUT2D eigenvalue weighted by Gasteiger charge is 2.09. The predicted molar refractivity (Wildman–Crippen MR) is 91.2 cm³/mol. The molecule has 0 radical (unpaired) electrons. The Bertz CT molecular complexity index is 828. The number of amides is 1. The highest BCUT2D eigenvalue weighted by Crippen LogP contribution is 2.16. The first-order valence-electron chi connectivity index (χ1n) is 7.64. The van der Waals surface area contributed by atoms with Gasteiger partial charge in [0.25, 0.3) is 5.91 Å². The minimum absolute atomic E-state index is 0.273. The van der Waals surface area contributed by atoms with Crippen LogP contribution in [0.15, 0.2) is 60.9 Å². The number of carbonyl (C=O) groups is 1. The van der Waals surface area contributed by atoms with E-state index in [1.54, 1.807) is 12.1 Å². The van der Waals surface area contributed by atoms with Crippen LogP contribution in [0.1, 0.15) is 22.8 Å². The van der Waals surface area contributed by atoms with Gasteiger partial charge in [-0.15, -0.1) is 0 Å². The number of benzene rings is 2. The number of nitrogens with zero attached hydrogens (tertiary/aromatic N) is 2. The fraction of sp³-hybridized carbons (Fsp3) is 0.105. The van der Waals surface area contributed by atoms with Gasteiger partial charge >= 0.3 is 0 Å². The normalized spacial score (nSPS) is 10.4. The summed E-state index contributed by atoms with van der Waals surface area (Å²) in [6.45, 7) is 2.08. The molecular weight excluding hydrogens is 305 g/mol. The number of nitrogens with one attached hydrogen (secondary N) is 1. The van der Waals surface area contributed by atoms with E-state index in [9.17, 15) is 9.18 Å². The van der Waals surface area contributed by atoms with Gasteiger partial charge in [0.2, 0.25) is 0 Å². The van der Waals surface area contributed by atoms with Gasteiger partial charge in [0.1, 0.15) is 5.82 Å². The summed E-state index contributed by atoms with van der Waals surface area (Å²) in [6.07, 6.45) is 3.87. The molecule has 5 heteroatoms. The fourth-order valence-electron chi connectivity index (χ4n) is 2.22. The third-order valence-corrected chi connectivity index (χ3v) is 3.64. The molecule has 0 aliphatic carbocycles. The molecule has 4 nitrogen and oxygen atoms in total. The van der Waals surface area contributed by atoms with Crippen molar-refractivity contribution in [3.05, 3.63) is 77.9 Å². The van der Waals surface area contributed by atoms with E-state index in [2.05, 4.69) is 22.2 Å². The lowest BCUT2D eigenvalue weighted by Gasteiger charge is -2.06. The Labute approximate surface area is 139 Å². The molecule has 3 rings (SSSR count). The molecule has 1 heterocycles. The second kappa shape index (κ2) is 7.00. The standard InChI is InChI=1S/C19H16FN3O/c1-2-13-3-9-17(10-4-13)23-19(24)15-11-21-18(22-12-15)14-5-7-16(20)8-6-14/h3-12H,2H2,1H3,(H,23,24). The number of rotatable bonds is 4. The maximum atomic E-state index is 12.9. The summed E-state index contributed by atoms with van der Waals surface area (Å²) in [7, 11) is 0. The van der Waals surface area contributed by atoms with E-state index in [0.29, 0.717) is 17.0 Å². The van der Waals surface area contributed by atoms with Crippen LogP contribution in [0.3, 0.4) is 0 Å². The van der Waals surface area contributed by atoms with Crippen LogP contribution < -0.4 is 5.32 Å². The van der Waals surface area contributed by atoms with Crippen molar-refractivity contribution in [3.63, 3.8) is 0 Å². The zero-order valence-electron chi connectivity index (χ0n) is 13.2. The SMILES string of the molecule is CCc1ccc(NC(=O)c2cnc(-c3ccc(F)cc3)nc2)cc1. The summed E-state index contributed by atoms with van der Waals surface area (Å²) in [4.78, 5) is 20.6. The van der Waals surface area contributed by atoms with Crippen molar-refractivity contribution in [2.75, 3.05) is 5.32 Å². The van der Waals surface area contributed by atoms with Gasteiger partial charge in [0.05, 0.1) is 5.56 Å². The third kappa shape index (κ3) is 3.63. The summed E-state index contributed by atoms with van der Waals surface area (Å²) in [5.41, 5.74) is 2.98. The summed E-state index contributed by atoms with van der Waals surface area (Å²) in [5, 5.41) is 2.81. The van der Waals surface area contributed by atoms with Gasteiger partial charge < -0.3 is 5.32 Å². The summed E-state index contributed by atoms with van der Waals surface area (Å²) in [5.74, 6) is -0.146. The fourth-order valence-corrected chi connectivity index (χ4v) is 2.22. The lowest BCUT2D eigenvalue weighted by atomic mass is 10.1. The number of hydrogen-bond donors (Lipinski definition) is 1. The number of carbonyl (C=O) groups excluding carboxylic acids is 1. The first kappa shape index (κ1) is 15.8. The number of hydrogen-bond acceptors (Lipinski definition) is 3. The first-order valence-corrected chi connectivity index (χ1v) is 7.64. The quantitative estimate of drug-likeness (QED) is 0.787. The van der Waals surface area contributed by atoms with Crippen molar-refractivity contribution in [1.29, 1.82) is 0 Å². The van der Waals surface area contributed by atoms with Gasteiger partial charge in [-0.2, -0.15) is 0 Å². The van der Waals surface area contributed by atoms with Gasteiger partial charge in [0, 0.05) is 23.6 Å². The Morgan fingerprint density at radius 1 is 1.00 bits per heavy atom. The van der Waals surface area contributed by atoms with Crippen molar-refractivity contribution in [2.45, 2.75) is 13.3 Å². The van der Waals surface area contributed by atoms with Crippen molar-refractivity contribution in [3.8, 4) is 11.4 Å². The Balaban J connectivity index is 1.72. The highest BCUT2D eigenvalue weighted by atomic mass is 19.1. The van der Waals surface area contributed by atoms with E-state index in [1.165, 1.54) is 30.1 Å². The van der Waals surface area contributed by atoms with E-state index in [0.717, 1.165) is 12.1 Å². The maximum absolute atomic E-state index is 12.9. The van der Waals surface area contributed by atoms with Crippen LogP contribution in [-0.4, -0.2) is 15.9 Å². The number of halogens is 1. The molecule has 0 fully saturated rings. The van der Waals surface area contributed by atoms with Crippen LogP contribution in [0.4, 0.5) is 10.1 Å². The molecule has 0 aliphatic rings. The maximum Gasteiger partial charge on any atom is 0.258 e. The van der Waals surface area contributed by atoms with Gasteiger partial charge in [-0.1, -0.05) is 19.1 Å². The Morgan fingerprint density at radius 3 is 2.21 bits per heavy atom. The predicted octanol–water partition coefficient (Wildman–Crippen LogP) is 4.10. The van der Waals surface area contributed by atoms with Crippen molar-refractivity contribution in [2.24, 2.45) is 0 Å². The topological polar surface area (TPSA) is 54.9 Å². The van der Waals surface area contributed by atoms with E-state index >= 15 is 0 Å². The van der Waals surface area contributed by atoms with Crippen LogP contribution in [0.25, 0.3) is 11.4 Å². The zero-order valence-corrected chi connectivity index (χ0v) is 13.2. The van der Waals surface area contributed by atoms with Gasteiger partial charge in [-0.05, 0) is 48.4 Å². The minimum atomic E-state index is -0.316. The lowest BCUT2D eigenvalue weighted by molar-refractivity contribution is 0.102. The number of anilines is 1. The minimum Gasteiger partial charge on any atom is -0.322 e. The van der Waals surface area contributed by atoms with Crippen LogP contribution in [0.5, 0.6) is 0 Å². The average molecular weight is 321 g/mol. The van der Waals surface area contributed by atoms with Crippen LogP contribution in [0.2, 0.25) is 0 Å². The van der Waals surface area contributed by atoms with Gasteiger partial charge in [-0.3, -0.25) is 4.79 Å². The van der Waals surface area contributed by atoms with E-state index in [4.69, 9.17) is 0 Å². The van der Waals surface area contributed by atoms with Crippen LogP contribution in [-0.2, 0) is 6.42 Å². The first-order chi connectivity index (χ1) is 11.7. The molecule has 3 aromatic rings. The van der Waals surface area contributed by atoms with Crippen LogP contribution >= 0.6 is 0 Å². The molecule has 0 saturated heterocycles. The van der Waals surface area contributed by atoms with E-state index in [1.807, 2.05) is 24.3 Å². The molecule has 0 unspecified atom stereocenters.